The fourth-order valence-corrected chi connectivity index (χ4v) is 3.01. The largest absolute Gasteiger partial charge is 0.417 e. The van der Waals surface area contributed by atoms with E-state index in [1.165, 1.54) is 0 Å². The number of nitrogens with zero attached hydrogens (tertiary/aromatic N) is 2. The van der Waals surface area contributed by atoms with Crippen LogP contribution in [0.5, 0.6) is 0 Å². The van der Waals surface area contributed by atoms with Gasteiger partial charge < -0.3 is 4.84 Å². The molecule has 1 aromatic carbocycles. The minimum Gasteiger partial charge on any atom is -0.314 e. The zero-order valence-corrected chi connectivity index (χ0v) is 12.5. The maximum absolute atomic E-state index is 13.1. The average molecular weight is 350 g/mol. The molecule has 0 spiro atoms. The average Bonchev–Trinajstić information content (AvgIpc) is 2.79. The van der Waals surface area contributed by atoms with E-state index in [1.807, 2.05) is 0 Å². The van der Waals surface area contributed by atoms with E-state index in [1.54, 1.807) is 6.92 Å². The number of thiazole rings is 1. The van der Waals surface area contributed by atoms with Gasteiger partial charge in [0.1, 0.15) is 17.4 Å². The molecule has 5 nitrogen and oxygen atoms in total. The predicted molar refractivity (Wildman–Crippen MR) is 73.9 cm³/mol. The topological polar surface area (TPSA) is 65.3 Å². The molecule has 1 heterocycles. The molecule has 2 rings (SSSR count). The Bertz CT molecular complexity index is 730. The lowest BCUT2D eigenvalue weighted by molar-refractivity contribution is -0.757. The highest BCUT2D eigenvalue weighted by Gasteiger charge is 2.35. The highest BCUT2D eigenvalue weighted by molar-refractivity contribution is 7.15. The van der Waals surface area contributed by atoms with Gasteiger partial charge in [-0.2, -0.15) is 13.2 Å². The minimum absolute atomic E-state index is 0.0749. The van der Waals surface area contributed by atoms with Crippen LogP contribution in [-0.4, -0.2) is 16.7 Å². The Morgan fingerprint density at radius 3 is 2.70 bits per heavy atom. The van der Waals surface area contributed by atoms with Gasteiger partial charge in [0.2, 0.25) is 0 Å². The van der Waals surface area contributed by atoms with Crippen molar-refractivity contribution in [3.8, 4) is 10.6 Å². The van der Waals surface area contributed by atoms with Crippen molar-refractivity contribution in [2.75, 3.05) is 6.61 Å². The number of aromatic nitrogens is 1. The van der Waals surface area contributed by atoms with Gasteiger partial charge in [-0.25, -0.2) is 9.37 Å². The lowest BCUT2D eigenvalue weighted by Gasteiger charge is -2.11. The molecule has 0 unspecified atom stereocenters. The number of halogens is 4. The molecular formula is C13H10F4N2O3S. The Balaban J connectivity index is 2.35. The molecule has 10 heteroatoms. The molecule has 1 aromatic heterocycles. The van der Waals surface area contributed by atoms with E-state index in [4.69, 9.17) is 0 Å². The molecule has 2 aromatic rings. The fraction of sp³-hybridized carbons (Fsp3) is 0.308. The molecule has 0 radical (unpaired) electrons. The van der Waals surface area contributed by atoms with Crippen molar-refractivity contribution in [3.63, 3.8) is 0 Å². The number of alkyl halides is 3. The van der Waals surface area contributed by atoms with Gasteiger partial charge in [0.15, 0.2) is 0 Å². The Hall–Kier alpha value is -2.23. The lowest BCUT2D eigenvalue weighted by Crippen LogP contribution is -2.07. The maximum Gasteiger partial charge on any atom is 0.417 e. The summed E-state index contributed by atoms with van der Waals surface area (Å²) in [5.41, 5.74) is -0.887. The summed E-state index contributed by atoms with van der Waals surface area (Å²) in [4.78, 5) is 18.9. The summed E-state index contributed by atoms with van der Waals surface area (Å²) in [6.45, 7) is 1.36. The van der Waals surface area contributed by atoms with Gasteiger partial charge in [-0.15, -0.1) is 21.5 Å². The number of rotatable bonds is 5. The molecule has 0 N–H and O–H groups in total. The van der Waals surface area contributed by atoms with Crippen molar-refractivity contribution in [1.29, 1.82) is 0 Å². The SMILES string of the molecule is Cc1nc(-c2ccc(F)cc2C(F)(F)F)sc1CCO[N+](=O)[O-]. The van der Waals surface area contributed by atoms with Crippen molar-refractivity contribution in [2.24, 2.45) is 0 Å². The molecule has 0 aliphatic rings. The van der Waals surface area contributed by atoms with E-state index in [0.29, 0.717) is 16.6 Å². The van der Waals surface area contributed by atoms with Crippen LogP contribution in [0, 0.1) is 22.9 Å². The van der Waals surface area contributed by atoms with E-state index in [0.717, 1.165) is 23.5 Å². The van der Waals surface area contributed by atoms with Gasteiger partial charge in [0.25, 0.3) is 5.09 Å². The first kappa shape index (κ1) is 17.1. The summed E-state index contributed by atoms with van der Waals surface area (Å²) in [7, 11) is 0. The summed E-state index contributed by atoms with van der Waals surface area (Å²) in [5.74, 6) is -0.992. The van der Waals surface area contributed by atoms with Gasteiger partial charge in [-0.3, -0.25) is 0 Å². The van der Waals surface area contributed by atoms with E-state index >= 15 is 0 Å². The highest BCUT2D eigenvalue weighted by atomic mass is 32.1. The molecule has 23 heavy (non-hydrogen) atoms. The third kappa shape index (κ3) is 4.15. The second-order valence-corrected chi connectivity index (χ2v) is 5.61. The molecule has 124 valence electrons. The summed E-state index contributed by atoms with van der Waals surface area (Å²) in [5, 5.41) is 9.23. The Morgan fingerprint density at radius 2 is 2.09 bits per heavy atom. The van der Waals surface area contributed by atoms with E-state index in [2.05, 4.69) is 9.82 Å². The Labute approximate surface area is 131 Å². The molecule has 0 aliphatic carbocycles. The maximum atomic E-state index is 13.1. The first-order chi connectivity index (χ1) is 10.7. The third-order valence-electron chi connectivity index (χ3n) is 2.94. The molecule has 0 aliphatic heterocycles. The molecular weight excluding hydrogens is 340 g/mol. The van der Waals surface area contributed by atoms with E-state index in [-0.39, 0.29) is 23.6 Å². The predicted octanol–water partition coefficient (Wildman–Crippen LogP) is 4.03. The fourth-order valence-electron chi connectivity index (χ4n) is 1.93. The van der Waals surface area contributed by atoms with Gasteiger partial charge in [0, 0.05) is 16.9 Å². The van der Waals surface area contributed by atoms with Crippen molar-refractivity contribution >= 4 is 11.3 Å². The van der Waals surface area contributed by atoms with Crippen molar-refractivity contribution < 1.29 is 27.5 Å². The van der Waals surface area contributed by atoms with Gasteiger partial charge >= 0.3 is 6.18 Å². The van der Waals surface area contributed by atoms with E-state index in [9.17, 15) is 27.7 Å². The summed E-state index contributed by atoms with van der Waals surface area (Å²) in [6, 6.07) is 2.37. The lowest BCUT2D eigenvalue weighted by atomic mass is 10.1. The quantitative estimate of drug-likeness (QED) is 0.464. The van der Waals surface area contributed by atoms with Gasteiger partial charge in [-0.05, 0) is 25.1 Å². The Morgan fingerprint density at radius 1 is 1.39 bits per heavy atom. The minimum atomic E-state index is -4.72. The summed E-state index contributed by atoms with van der Waals surface area (Å²) >= 11 is 0.964. The first-order valence-electron chi connectivity index (χ1n) is 6.29. The zero-order chi connectivity index (χ0) is 17.2. The molecule has 0 fully saturated rings. The van der Waals surface area contributed by atoms with Crippen LogP contribution >= 0.6 is 11.3 Å². The van der Waals surface area contributed by atoms with Crippen LogP contribution in [-0.2, 0) is 17.4 Å². The molecule has 0 saturated carbocycles. The van der Waals surface area contributed by atoms with Crippen LogP contribution < -0.4 is 0 Å². The Kier molecular flexibility index (Phi) is 4.83. The van der Waals surface area contributed by atoms with Crippen molar-refractivity contribution in [2.45, 2.75) is 19.5 Å². The second-order valence-electron chi connectivity index (χ2n) is 4.52. The normalized spacial score (nSPS) is 11.5. The van der Waals surface area contributed by atoms with Crippen LogP contribution in [0.25, 0.3) is 10.6 Å². The number of aryl methyl sites for hydroxylation is 1. The molecule has 0 saturated heterocycles. The third-order valence-corrected chi connectivity index (χ3v) is 4.19. The zero-order valence-electron chi connectivity index (χ0n) is 11.7. The van der Waals surface area contributed by atoms with Crippen LogP contribution in [0.3, 0.4) is 0 Å². The first-order valence-corrected chi connectivity index (χ1v) is 7.11. The number of hydrogen-bond donors (Lipinski definition) is 0. The number of hydrogen-bond acceptors (Lipinski definition) is 5. The van der Waals surface area contributed by atoms with Crippen LogP contribution in [0.1, 0.15) is 16.1 Å². The summed E-state index contributed by atoms with van der Waals surface area (Å²) in [6.07, 6.45) is -4.57. The van der Waals surface area contributed by atoms with Crippen LogP contribution in [0.15, 0.2) is 18.2 Å². The molecule has 0 amide bonds. The van der Waals surface area contributed by atoms with Gasteiger partial charge in [0.05, 0.1) is 11.3 Å². The van der Waals surface area contributed by atoms with E-state index < -0.39 is 22.6 Å². The second kappa shape index (κ2) is 6.49. The van der Waals surface area contributed by atoms with Crippen LogP contribution in [0.2, 0.25) is 0 Å². The summed E-state index contributed by atoms with van der Waals surface area (Å²) < 4.78 is 52.2. The monoisotopic (exact) mass is 350 g/mol. The molecule has 0 atom stereocenters. The molecule has 0 bridgehead atoms. The van der Waals surface area contributed by atoms with Crippen molar-refractivity contribution in [3.05, 3.63) is 50.3 Å². The van der Waals surface area contributed by atoms with Crippen LogP contribution in [0.4, 0.5) is 17.6 Å². The standard InChI is InChI=1S/C13H10F4N2O3S/c1-7-11(4-5-22-19(20)21)23-12(18-7)9-3-2-8(14)6-10(9)13(15,16)17/h2-3,6H,4-5H2,1H3. The van der Waals surface area contributed by atoms with Crippen molar-refractivity contribution in [1.82, 2.24) is 4.98 Å². The van der Waals surface area contributed by atoms with Gasteiger partial charge in [-0.1, -0.05) is 0 Å². The smallest absolute Gasteiger partial charge is 0.314 e. The highest BCUT2D eigenvalue weighted by Crippen LogP contribution is 2.39. The number of benzene rings is 1.